The molecule has 0 atom stereocenters. The lowest BCUT2D eigenvalue weighted by Crippen LogP contribution is -2.07. The number of hydrogen-bond donors (Lipinski definition) is 1. The molecule has 0 aliphatic rings. The van der Waals surface area contributed by atoms with E-state index in [1.165, 1.54) is 35.9 Å². The molecule has 0 radical (unpaired) electrons. The minimum Gasteiger partial charge on any atom is -0.464 e. The number of nitro benzene ring substituents is 1. The summed E-state index contributed by atoms with van der Waals surface area (Å²) in [5.41, 5.74) is 6.44. The monoisotopic (exact) mass is 276 g/mol. The fourth-order valence-electron chi connectivity index (χ4n) is 1.85. The number of esters is 1. The Morgan fingerprint density at radius 3 is 2.50 bits per heavy atom. The molecule has 2 N–H and O–H groups in total. The second-order valence-electron chi connectivity index (χ2n) is 3.99. The number of aromatic nitrogens is 2. The van der Waals surface area contributed by atoms with E-state index in [1.807, 2.05) is 0 Å². The summed E-state index contributed by atoms with van der Waals surface area (Å²) in [5.74, 6) is -0.0220. The van der Waals surface area contributed by atoms with E-state index in [0.29, 0.717) is 11.5 Å². The molecule has 0 aliphatic carbocycles. The summed E-state index contributed by atoms with van der Waals surface area (Å²) in [4.78, 5) is 25.7. The second-order valence-corrected chi connectivity index (χ2v) is 3.99. The molecule has 8 heteroatoms. The molecule has 0 unspecified atom stereocenters. The third kappa shape index (κ3) is 2.18. The molecule has 1 heterocycles. The van der Waals surface area contributed by atoms with Gasteiger partial charge in [0.05, 0.1) is 12.0 Å². The lowest BCUT2D eigenvalue weighted by molar-refractivity contribution is -0.384. The number of nitrogen functional groups attached to an aromatic ring is 1. The number of carbonyl (C=O) groups excluding carboxylic acids is 1. The van der Waals surface area contributed by atoms with E-state index in [-0.39, 0.29) is 17.2 Å². The fraction of sp³-hybridized carbons (Fsp3) is 0.167. The summed E-state index contributed by atoms with van der Waals surface area (Å²) < 4.78 is 6.11. The van der Waals surface area contributed by atoms with E-state index in [1.54, 1.807) is 6.92 Å². The lowest BCUT2D eigenvalue weighted by Gasteiger charge is -2.07. The number of rotatable bonds is 3. The smallest absolute Gasteiger partial charge is 0.360 e. The summed E-state index contributed by atoms with van der Waals surface area (Å²) >= 11 is 0. The van der Waals surface area contributed by atoms with Crippen molar-refractivity contribution in [2.24, 2.45) is 0 Å². The highest BCUT2D eigenvalue weighted by molar-refractivity contribution is 5.92. The fourth-order valence-corrected chi connectivity index (χ4v) is 1.85. The molecule has 8 nitrogen and oxygen atoms in total. The number of nitrogens with zero attached hydrogens (tertiary/aromatic N) is 3. The molecule has 0 saturated heterocycles. The van der Waals surface area contributed by atoms with Crippen molar-refractivity contribution in [3.05, 3.63) is 45.9 Å². The van der Waals surface area contributed by atoms with Gasteiger partial charge in [-0.2, -0.15) is 0 Å². The Bertz CT molecular complexity index is 676. The van der Waals surface area contributed by atoms with Gasteiger partial charge in [-0.25, -0.2) is 9.78 Å². The van der Waals surface area contributed by atoms with Crippen molar-refractivity contribution in [3.8, 4) is 5.69 Å². The normalized spacial score (nSPS) is 10.3. The summed E-state index contributed by atoms with van der Waals surface area (Å²) in [6.45, 7) is 1.67. The maximum Gasteiger partial charge on any atom is 0.360 e. The Morgan fingerprint density at radius 2 is 2.00 bits per heavy atom. The first kappa shape index (κ1) is 13.5. The molecule has 0 spiro atoms. The largest absolute Gasteiger partial charge is 0.464 e. The Morgan fingerprint density at radius 1 is 1.40 bits per heavy atom. The number of imidazole rings is 1. The van der Waals surface area contributed by atoms with Crippen LogP contribution in [0.2, 0.25) is 0 Å². The zero-order valence-electron chi connectivity index (χ0n) is 10.9. The third-order valence-corrected chi connectivity index (χ3v) is 2.78. The summed E-state index contributed by atoms with van der Waals surface area (Å²) in [6.07, 6.45) is 0. The van der Waals surface area contributed by atoms with E-state index in [0.717, 1.165) is 0 Å². The van der Waals surface area contributed by atoms with E-state index >= 15 is 0 Å². The van der Waals surface area contributed by atoms with E-state index in [9.17, 15) is 14.9 Å². The first-order valence-electron chi connectivity index (χ1n) is 5.63. The molecule has 104 valence electrons. The number of non-ortho nitro benzene ring substituents is 1. The Kier molecular flexibility index (Phi) is 3.38. The van der Waals surface area contributed by atoms with Crippen molar-refractivity contribution in [1.82, 2.24) is 9.55 Å². The van der Waals surface area contributed by atoms with Crippen LogP contribution in [-0.4, -0.2) is 27.6 Å². The highest BCUT2D eigenvalue weighted by Gasteiger charge is 2.20. The minimum absolute atomic E-state index is 0.0170. The molecule has 0 aliphatic heterocycles. The average molecular weight is 276 g/mol. The number of nitrogens with two attached hydrogens (primary N) is 1. The summed E-state index contributed by atoms with van der Waals surface area (Å²) in [5, 5.41) is 10.6. The van der Waals surface area contributed by atoms with Crippen molar-refractivity contribution >= 4 is 17.5 Å². The molecule has 2 aromatic rings. The van der Waals surface area contributed by atoms with Crippen LogP contribution in [0, 0.1) is 17.0 Å². The number of methoxy groups -OCH3 is 1. The molecule has 2 rings (SSSR count). The van der Waals surface area contributed by atoms with Crippen LogP contribution in [0.3, 0.4) is 0 Å². The van der Waals surface area contributed by atoms with Crippen LogP contribution in [0.15, 0.2) is 24.3 Å². The van der Waals surface area contributed by atoms with Gasteiger partial charge < -0.3 is 10.5 Å². The van der Waals surface area contributed by atoms with Gasteiger partial charge in [0.2, 0.25) is 0 Å². The van der Waals surface area contributed by atoms with Gasteiger partial charge in [-0.15, -0.1) is 0 Å². The minimum atomic E-state index is -0.633. The first-order chi connectivity index (χ1) is 9.45. The highest BCUT2D eigenvalue weighted by Crippen LogP contribution is 2.23. The van der Waals surface area contributed by atoms with Crippen molar-refractivity contribution in [2.45, 2.75) is 6.92 Å². The van der Waals surface area contributed by atoms with Crippen LogP contribution < -0.4 is 5.73 Å². The first-order valence-corrected chi connectivity index (χ1v) is 5.63. The Hall–Kier alpha value is -2.90. The molecular formula is C12H12N4O4. The third-order valence-electron chi connectivity index (χ3n) is 2.78. The number of nitro groups is 1. The Labute approximate surface area is 113 Å². The molecule has 0 saturated carbocycles. The standard InChI is InChI=1S/C12H12N4O4/c1-7-14-10(12(17)20-2)11(13)15(7)8-3-5-9(6-4-8)16(18)19/h3-6H,13H2,1-2H3. The van der Waals surface area contributed by atoms with Gasteiger partial charge in [0.15, 0.2) is 5.69 Å². The van der Waals surface area contributed by atoms with Crippen molar-refractivity contribution in [3.63, 3.8) is 0 Å². The number of ether oxygens (including phenoxy) is 1. The predicted molar refractivity (Wildman–Crippen MR) is 70.7 cm³/mol. The average Bonchev–Trinajstić information content (AvgIpc) is 2.73. The van der Waals surface area contributed by atoms with Gasteiger partial charge in [-0.3, -0.25) is 14.7 Å². The molecule has 0 amide bonds. The van der Waals surface area contributed by atoms with Crippen LogP contribution in [0.1, 0.15) is 16.3 Å². The molecule has 1 aromatic heterocycles. The maximum absolute atomic E-state index is 11.5. The van der Waals surface area contributed by atoms with Gasteiger partial charge in [0.25, 0.3) is 5.69 Å². The van der Waals surface area contributed by atoms with Gasteiger partial charge in [0, 0.05) is 17.8 Å². The van der Waals surface area contributed by atoms with Crippen LogP contribution in [0.5, 0.6) is 0 Å². The zero-order valence-corrected chi connectivity index (χ0v) is 10.9. The number of aryl methyl sites for hydroxylation is 1. The van der Waals surface area contributed by atoms with Crippen molar-refractivity contribution < 1.29 is 14.5 Å². The van der Waals surface area contributed by atoms with Crippen molar-refractivity contribution in [2.75, 3.05) is 12.8 Å². The number of benzene rings is 1. The summed E-state index contributed by atoms with van der Waals surface area (Å²) in [7, 11) is 1.24. The van der Waals surface area contributed by atoms with Gasteiger partial charge in [0.1, 0.15) is 11.6 Å². The lowest BCUT2D eigenvalue weighted by atomic mass is 10.3. The van der Waals surface area contributed by atoms with Crippen LogP contribution in [0.25, 0.3) is 5.69 Å². The van der Waals surface area contributed by atoms with Crippen LogP contribution in [0.4, 0.5) is 11.5 Å². The molecule has 0 fully saturated rings. The Balaban J connectivity index is 2.50. The van der Waals surface area contributed by atoms with Crippen LogP contribution in [-0.2, 0) is 4.74 Å². The van der Waals surface area contributed by atoms with Gasteiger partial charge >= 0.3 is 5.97 Å². The number of carbonyl (C=O) groups is 1. The molecule has 0 bridgehead atoms. The highest BCUT2D eigenvalue weighted by atomic mass is 16.6. The summed E-state index contributed by atoms with van der Waals surface area (Å²) in [6, 6.07) is 5.77. The van der Waals surface area contributed by atoms with E-state index in [4.69, 9.17) is 5.73 Å². The second kappa shape index (κ2) is 5.00. The topological polar surface area (TPSA) is 113 Å². The molecular weight excluding hydrogens is 264 g/mol. The van der Waals surface area contributed by atoms with E-state index < -0.39 is 10.9 Å². The maximum atomic E-state index is 11.5. The van der Waals surface area contributed by atoms with Crippen molar-refractivity contribution in [1.29, 1.82) is 0 Å². The predicted octanol–water partition coefficient (Wildman–Crippen LogP) is 1.46. The quantitative estimate of drug-likeness (QED) is 0.515. The SMILES string of the molecule is COC(=O)c1nc(C)n(-c2ccc([N+](=O)[O-])cc2)c1N. The zero-order chi connectivity index (χ0) is 14.9. The molecule has 20 heavy (non-hydrogen) atoms. The van der Waals surface area contributed by atoms with Crippen LogP contribution >= 0.6 is 0 Å². The van der Waals surface area contributed by atoms with E-state index in [2.05, 4.69) is 9.72 Å². The van der Waals surface area contributed by atoms with Gasteiger partial charge in [-0.1, -0.05) is 0 Å². The number of hydrogen-bond acceptors (Lipinski definition) is 6. The van der Waals surface area contributed by atoms with Gasteiger partial charge in [-0.05, 0) is 19.1 Å². The number of anilines is 1. The molecule has 1 aromatic carbocycles.